The summed E-state index contributed by atoms with van der Waals surface area (Å²) in [6, 6.07) is 14.1. The van der Waals surface area contributed by atoms with E-state index >= 15 is 0 Å². The first-order valence-electron chi connectivity index (χ1n) is 9.90. The molecular formula is C23H24N4O2S. The predicted octanol–water partition coefficient (Wildman–Crippen LogP) is 4.80. The number of carbonyl (C=O) groups excluding carboxylic acids is 1. The van der Waals surface area contributed by atoms with E-state index in [0.29, 0.717) is 18.8 Å². The maximum absolute atomic E-state index is 12.6. The molecule has 4 rings (SSSR count). The fraction of sp³-hybridized carbons (Fsp3) is 0.261. The highest BCUT2D eigenvalue weighted by molar-refractivity contribution is 7.13. The zero-order valence-electron chi connectivity index (χ0n) is 17.3. The number of aromatic nitrogens is 3. The molecule has 30 heavy (non-hydrogen) atoms. The normalized spacial score (nSPS) is 12.1. The molecule has 1 N–H and O–H groups in total. The molecule has 0 spiro atoms. The maximum atomic E-state index is 12.6. The van der Waals surface area contributed by atoms with Gasteiger partial charge in [-0.25, -0.2) is 0 Å². The van der Waals surface area contributed by atoms with Gasteiger partial charge in [0.25, 0.3) is 0 Å². The first-order chi connectivity index (χ1) is 14.5. The van der Waals surface area contributed by atoms with E-state index in [1.165, 1.54) is 5.56 Å². The number of benzene rings is 1. The fourth-order valence-corrected chi connectivity index (χ4v) is 4.13. The lowest BCUT2D eigenvalue weighted by Gasteiger charge is -2.14. The van der Waals surface area contributed by atoms with E-state index < -0.39 is 0 Å². The van der Waals surface area contributed by atoms with Crippen molar-refractivity contribution >= 4 is 17.2 Å². The van der Waals surface area contributed by atoms with Gasteiger partial charge in [0.1, 0.15) is 0 Å². The van der Waals surface area contributed by atoms with Crippen LogP contribution in [0.5, 0.6) is 0 Å². The Morgan fingerprint density at radius 3 is 2.70 bits per heavy atom. The lowest BCUT2D eigenvalue weighted by Crippen LogP contribution is -2.31. The lowest BCUT2D eigenvalue weighted by atomic mass is 9.99. The highest BCUT2D eigenvalue weighted by Gasteiger charge is 2.19. The van der Waals surface area contributed by atoms with Gasteiger partial charge in [-0.15, -0.1) is 11.3 Å². The van der Waals surface area contributed by atoms with Gasteiger partial charge in [0.05, 0.1) is 40.5 Å². The first-order valence-corrected chi connectivity index (χ1v) is 10.8. The van der Waals surface area contributed by atoms with Gasteiger partial charge in [0, 0.05) is 12.6 Å². The summed E-state index contributed by atoms with van der Waals surface area (Å²) in [7, 11) is 0. The monoisotopic (exact) mass is 420 g/mol. The largest absolute Gasteiger partial charge is 0.356 e. The molecular weight excluding hydrogens is 396 g/mol. The Hall–Kier alpha value is -3.19. The number of nitrogens with zero attached hydrogens (tertiary/aromatic N) is 3. The van der Waals surface area contributed by atoms with Crippen molar-refractivity contribution in [2.75, 3.05) is 6.54 Å². The number of aryl methyl sites for hydroxylation is 2. The molecule has 0 radical (unpaired) electrons. The predicted molar refractivity (Wildman–Crippen MR) is 118 cm³/mol. The van der Waals surface area contributed by atoms with Gasteiger partial charge in [-0.1, -0.05) is 41.1 Å². The smallest absolute Gasteiger partial charge is 0.227 e. The van der Waals surface area contributed by atoms with Crippen LogP contribution >= 0.6 is 11.3 Å². The standard InChI is InChI=1S/C23H24N4O2S/c1-15-6-8-18(9-7-15)17(3)23(28)24-10-11-27-22(21-5-4-12-30-21)19(14-25-27)20-13-16(2)26-29-20/h4-9,12-14,17H,10-11H2,1-3H3,(H,24,28). The summed E-state index contributed by atoms with van der Waals surface area (Å²) in [5.41, 5.74) is 4.90. The Morgan fingerprint density at radius 2 is 2.03 bits per heavy atom. The van der Waals surface area contributed by atoms with Crippen molar-refractivity contribution in [2.24, 2.45) is 0 Å². The third-order valence-corrected chi connectivity index (χ3v) is 5.96. The molecule has 0 saturated carbocycles. The van der Waals surface area contributed by atoms with Crippen LogP contribution in [0.25, 0.3) is 21.9 Å². The number of carbonyl (C=O) groups is 1. The molecule has 6 nitrogen and oxygen atoms in total. The van der Waals surface area contributed by atoms with Gasteiger partial charge in [-0.3, -0.25) is 9.48 Å². The van der Waals surface area contributed by atoms with Crippen LogP contribution in [-0.4, -0.2) is 27.4 Å². The van der Waals surface area contributed by atoms with Gasteiger partial charge < -0.3 is 9.84 Å². The quantitative estimate of drug-likeness (QED) is 0.466. The number of nitrogens with one attached hydrogen (secondary N) is 1. The molecule has 154 valence electrons. The van der Waals surface area contributed by atoms with Crippen molar-refractivity contribution in [1.29, 1.82) is 0 Å². The van der Waals surface area contributed by atoms with Crippen LogP contribution in [0, 0.1) is 13.8 Å². The van der Waals surface area contributed by atoms with Gasteiger partial charge >= 0.3 is 0 Å². The summed E-state index contributed by atoms with van der Waals surface area (Å²) in [5, 5.41) is 13.6. The molecule has 4 aromatic rings. The van der Waals surface area contributed by atoms with E-state index in [-0.39, 0.29) is 11.8 Å². The van der Waals surface area contributed by atoms with Crippen LogP contribution in [0.4, 0.5) is 0 Å². The van der Waals surface area contributed by atoms with Crippen molar-refractivity contribution in [1.82, 2.24) is 20.3 Å². The van der Waals surface area contributed by atoms with Gasteiger partial charge in [-0.05, 0) is 37.8 Å². The summed E-state index contributed by atoms with van der Waals surface area (Å²) >= 11 is 1.64. The Labute approximate surface area is 179 Å². The molecule has 7 heteroatoms. The van der Waals surface area contributed by atoms with Crippen molar-refractivity contribution in [3.8, 4) is 21.9 Å². The SMILES string of the molecule is Cc1ccc(C(C)C(=O)NCCn2ncc(-c3cc(C)no3)c2-c2cccs2)cc1. The minimum absolute atomic E-state index is 0.00904. The van der Waals surface area contributed by atoms with E-state index in [2.05, 4.69) is 21.6 Å². The van der Waals surface area contributed by atoms with Crippen LogP contribution < -0.4 is 5.32 Å². The molecule has 0 aliphatic rings. The average molecular weight is 421 g/mol. The second-order valence-corrected chi connectivity index (χ2v) is 8.31. The van der Waals surface area contributed by atoms with Gasteiger partial charge in [-0.2, -0.15) is 5.10 Å². The number of hydrogen-bond donors (Lipinski definition) is 1. The molecule has 1 aromatic carbocycles. The summed E-state index contributed by atoms with van der Waals surface area (Å²) in [4.78, 5) is 13.7. The number of amides is 1. The molecule has 0 bridgehead atoms. The molecule has 1 amide bonds. The summed E-state index contributed by atoms with van der Waals surface area (Å²) < 4.78 is 7.38. The van der Waals surface area contributed by atoms with E-state index in [1.54, 1.807) is 17.5 Å². The molecule has 0 aliphatic heterocycles. The van der Waals surface area contributed by atoms with E-state index in [0.717, 1.165) is 27.4 Å². The second-order valence-electron chi connectivity index (χ2n) is 7.36. The summed E-state index contributed by atoms with van der Waals surface area (Å²) in [5.74, 6) is 0.502. The topological polar surface area (TPSA) is 73.0 Å². The van der Waals surface area contributed by atoms with Crippen molar-refractivity contribution < 1.29 is 9.32 Å². The Kier molecular flexibility index (Phi) is 5.81. The molecule has 1 unspecified atom stereocenters. The van der Waals surface area contributed by atoms with Crippen molar-refractivity contribution in [2.45, 2.75) is 33.2 Å². The second kappa shape index (κ2) is 8.67. The number of thiophene rings is 1. The molecule has 1 atom stereocenters. The molecule has 3 aromatic heterocycles. The minimum atomic E-state index is -0.201. The first kappa shape index (κ1) is 20.1. The Morgan fingerprint density at radius 1 is 1.23 bits per heavy atom. The maximum Gasteiger partial charge on any atom is 0.227 e. The Balaban J connectivity index is 1.48. The van der Waals surface area contributed by atoms with Crippen LogP contribution in [0.1, 0.15) is 29.7 Å². The lowest BCUT2D eigenvalue weighted by molar-refractivity contribution is -0.122. The van der Waals surface area contributed by atoms with Crippen molar-refractivity contribution in [3.63, 3.8) is 0 Å². The number of hydrogen-bond acceptors (Lipinski definition) is 5. The third kappa shape index (κ3) is 4.21. The van der Waals surface area contributed by atoms with Crippen LogP contribution in [0.15, 0.2) is 58.6 Å². The van der Waals surface area contributed by atoms with E-state index in [9.17, 15) is 4.79 Å². The molecule has 0 aliphatic carbocycles. The minimum Gasteiger partial charge on any atom is -0.356 e. The zero-order valence-corrected chi connectivity index (χ0v) is 18.1. The summed E-state index contributed by atoms with van der Waals surface area (Å²) in [6.07, 6.45) is 1.80. The third-order valence-electron chi connectivity index (χ3n) is 5.08. The highest BCUT2D eigenvalue weighted by Crippen LogP contribution is 2.34. The zero-order chi connectivity index (χ0) is 21.1. The van der Waals surface area contributed by atoms with E-state index in [1.807, 2.05) is 67.2 Å². The average Bonchev–Trinajstić information content (AvgIpc) is 3.48. The van der Waals surface area contributed by atoms with Crippen LogP contribution in [-0.2, 0) is 11.3 Å². The molecule has 3 heterocycles. The van der Waals surface area contributed by atoms with Crippen LogP contribution in [0.2, 0.25) is 0 Å². The van der Waals surface area contributed by atoms with Crippen molar-refractivity contribution in [3.05, 3.63) is 70.9 Å². The van der Waals surface area contributed by atoms with Gasteiger partial charge in [0.2, 0.25) is 5.91 Å². The van der Waals surface area contributed by atoms with Crippen LogP contribution in [0.3, 0.4) is 0 Å². The molecule has 0 saturated heterocycles. The molecule has 0 fully saturated rings. The Bertz CT molecular complexity index is 1130. The number of rotatable bonds is 7. The van der Waals surface area contributed by atoms with Gasteiger partial charge in [0.15, 0.2) is 5.76 Å². The van der Waals surface area contributed by atoms with E-state index in [4.69, 9.17) is 4.52 Å². The summed E-state index contributed by atoms with van der Waals surface area (Å²) in [6.45, 7) is 6.91. The fourth-order valence-electron chi connectivity index (χ4n) is 3.34. The highest BCUT2D eigenvalue weighted by atomic mass is 32.1.